The van der Waals surface area contributed by atoms with Gasteiger partial charge in [-0.3, -0.25) is 0 Å². The molecule has 0 saturated heterocycles. The van der Waals surface area contributed by atoms with Gasteiger partial charge in [0.2, 0.25) is 5.88 Å². The normalized spacial score (nSPS) is 13.7. The van der Waals surface area contributed by atoms with Crippen LogP contribution in [0.15, 0.2) is 39.9 Å². The molecule has 0 radical (unpaired) electrons. The van der Waals surface area contributed by atoms with Gasteiger partial charge in [-0.1, -0.05) is 11.6 Å². The van der Waals surface area contributed by atoms with E-state index < -0.39 is 0 Å². The van der Waals surface area contributed by atoms with Crippen LogP contribution in [-0.4, -0.2) is 24.5 Å². The van der Waals surface area contributed by atoms with Crippen LogP contribution >= 0.6 is 27.5 Å². The zero-order chi connectivity index (χ0) is 15.0. The number of hydrogen-bond donors (Lipinski definition) is 1. The summed E-state index contributed by atoms with van der Waals surface area (Å²) in [5, 5.41) is 0.588. The van der Waals surface area contributed by atoms with Crippen LogP contribution in [0, 0.1) is 0 Å². The van der Waals surface area contributed by atoms with Gasteiger partial charge in [0.05, 0.1) is 30.1 Å². The monoisotopic (exact) mass is 366 g/mol. The molecule has 0 aliphatic carbocycles. The van der Waals surface area contributed by atoms with Crippen molar-refractivity contribution in [3.63, 3.8) is 0 Å². The van der Waals surface area contributed by atoms with Crippen molar-refractivity contribution in [1.29, 1.82) is 0 Å². The molecule has 0 unspecified atom stereocenters. The van der Waals surface area contributed by atoms with Crippen molar-refractivity contribution in [2.24, 2.45) is 10.7 Å². The van der Waals surface area contributed by atoms with Crippen LogP contribution in [-0.2, 0) is 0 Å². The van der Waals surface area contributed by atoms with E-state index in [0.717, 1.165) is 21.5 Å². The van der Waals surface area contributed by atoms with E-state index in [1.54, 1.807) is 19.4 Å². The van der Waals surface area contributed by atoms with E-state index in [0.29, 0.717) is 23.3 Å². The molecule has 108 valence electrons. The number of aromatic nitrogens is 1. The molecule has 1 aromatic heterocycles. The molecule has 0 amide bonds. The number of hydrogen-bond acceptors (Lipinski definition) is 5. The molecule has 0 saturated carbocycles. The predicted molar refractivity (Wildman–Crippen MR) is 88.2 cm³/mol. The summed E-state index contributed by atoms with van der Waals surface area (Å²) in [4.78, 5) is 10.6. The number of rotatable bonds is 2. The van der Waals surface area contributed by atoms with E-state index in [1.807, 2.05) is 23.1 Å². The first kappa shape index (κ1) is 14.2. The number of methoxy groups -OCH3 is 1. The fraction of sp³-hybridized carbons (Fsp3) is 0.143. The minimum atomic E-state index is 0.461. The SMILES string of the molecule is COc1ncccc1N1CC(N)=Nc2cc(Cl)c(Br)cc21. The third-order valence-electron chi connectivity index (χ3n) is 3.13. The van der Waals surface area contributed by atoms with Crippen LogP contribution in [0.3, 0.4) is 0 Å². The lowest BCUT2D eigenvalue weighted by Gasteiger charge is -2.30. The minimum absolute atomic E-state index is 0.461. The number of amidine groups is 1. The first-order chi connectivity index (χ1) is 10.1. The highest BCUT2D eigenvalue weighted by Gasteiger charge is 2.23. The predicted octanol–water partition coefficient (Wildman–Crippen LogP) is 3.65. The minimum Gasteiger partial charge on any atom is -0.480 e. The molecule has 21 heavy (non-hydrogen) atoms. The van der Waals surface area contributed by atoms with Gasteiger partial charge in [0.1, 0.15) is 11.5 Å². The van der Waals surface area contributed by atoms with E-state index in [-0.39, 0.29) is 0 Å². The quantitative estimate of drug-likeness (QED) is 0.880. The van der Waals surface area contributed by atoms with Crippen LogP contribution in [0.4, 0.5) is 17.1 Å². The lowest BCUT2D eigenvalue weighted by Crippen LogP contribution is -2.33. The highest BCUT2D eigenvalue weighted by Crippen LogP contribution is 2.43. The molecule has 3 rings (SSSR count). The van der Waals surface area contributed by atoms with E-state index in [2.05, 4.69) is 25.9 Å². The van der Waals surface area contributed by atoms with Crippen molar-refractivity contribution in [3.8, 4) is 5.88 Å². The third-order valence-corrected chi connectivity index (χ3v) is 4.32. The summed E-state index contributed by atoms with van der Waals surface area (Å²) in [6.45, 7) is 0.461. The smallest absolute Gasteiger partial charge is 0.237 e. The first-order valence-electron chi connectivity index (χ1n) is 6.19. The van der Waals surface area contributed by atoms with Gasteiger partial charge < -0.3 is 15.4 Å². The second-order valence-corrected chi connectivity index (χ2v) is 5.74. The Morgan fingerprint density at radius 2 is 2.19 bits per heavy atom. The second-order valence-electron chi connectivity index (χ2n) is 4.48. The first-order valence-corrected chi connectivity index (χ1v) is 7.36. The Bertz CT molecular complexity index is 735. The van der Waals surface area contributed by atoms with Gasteiger partial charge in [-0.25, -0.2) is 9.98 Å². The van der Waals surface area contributed by atoms with Crippen molar-refractivity contribution < 1.29 is 4.74 Å². The van der Waals surface area contributed by atoms with Gasteiger partial charge in [0, 0.05) is 10.7 Å². The zero-order valence-corrected chi connectivity index (χ0v) is 13.5. The number of anilines is 2. The Kier molecular flexibility index (Phi) is 3.73. The van der Waals surface area contributed by atoms with Crippen molar-refractivity contribution >= 4 is 50.4 Å². The van der Waals surface area contributed by atoms with Crippen LogP contribution in [0.5, 0.6) is 5.88 Å². The topological polar surface area (TPSA) is 63.7 Å². The fourth-order valence-corrected chi connectivity index (χ4v) is 2.72. The molecule has 5 nitrogen and oxygen atoms in total. The average molecular weight is 368 g/mol. The largest absolute Gasteiger partial charge is 0.480 e. The van der Waals surface area contributed by atoms with Gasteiger partial charge >= 0.3 is 0 Å². The van der Waals surface area contributed by atoms with Gasteiger partial charge in [0.15, 0.2) is 0 Å². The molecule has 1 aliphatic heterocycles. The molecule has 0 bridgehead atoms. The second kappa shape index (κ2) is 5.54. The molecule has 2 N–H and O–H groups in total. The van der Waals surface area contributed by atoms with Crippen LogP contribution < -0.4 is 15.4 Å². The molecular formula is C14H12BrClN4O. The summed E-state index contributed by atoms with van der Waals surface area (Å²) in [7, 11) is 1.59. The number of aliphatic imine (C=N–C) groups is 1. The maximum atomic E-state index is 6.13. The summed E-state index contributed by atoms with van der Waals surface area (Å²) >= 11 is 9.57. The number of fused-ring (bicyclic) bond motifs is 1. The molecule has 0 atom stereocenters. The Labute approximate surface area is 135 Å². The number of halogens is 2. The summed E-state index contributed by atoms with van der Waals surface area (Å²) < 4.78 is 6.13. The highest BCUT2D eigenvalue weighted by atomic mass is 79.9. The Morgan fingerprint density at radius 3 is 2.95 bits per heavy atom. The van der Waals surface area contributed by atoms with Crippen LogP contribution in [0.2, 0.25) is 5.02 Å². The molecular weight excluding hydrogens is 356 g/mol. The third kappa shape index (κ3) is 2.56. The number of nitrogens with zero attached hydrogens (tertiary/aromatic N) is 3. The summed E-state index contributed by atoms with van der Waals surface area (Å²) in [5.74, 6) is 1.04. The average Bonchev–Trinajstić information content (AvgIpc) is 2.48. The molecule has 1 aromatic carbocycles. The van der Waals surface area contributed by atoms with E-state index >= 15 is 0 Å². The number of ether oxygens (including phenoxy) is 1. The Morgan fingerprint density at radius 1 is 1.38 bits per heavy atom. The number of benzene rings is 1. The summed E-state index contributed by atoms with van der Waals surface area (Å²) in [6, 6.07) is 7.48. The molecule has 0 spiro atoms. The molecule has 0 fully saturated rings. The van der Waals surface area contributed by atoms with Gasteiger partial charge in [-0.2, -0.15) is 0 Å². The standard InChI is InChI=1S/C14H12BrClN4O/c1-21-14-11(3-2-4-18-14)20-7-13(17)19-10-6-9(16)8(15)5-12(10)20/h2-6H,7H2,1H3,(H2,17,19). The Balaban J connectivity index is 2.18. The number of pyridine rings is 1. The van der Waals surface area contributed by atoms with Crippen LogP contribution in [0.25, 0.3) is 0 Å². The maximum absolute atomic E-state index is 6.13. The fourth-order valence-electron chi connectivity index (χ4n) is 2.23. The lowest BCUT2D eigenvalue weighted by atomic mass is 10.2. The van der Waals surface area contributed by atoms with Crippen molar-refractivity contribution in [2.75, 3.05) is 18.6 Å². The zero-order valence-electron chi connectivity index (χ0n) is 11.2. The Hall–Kier alpha value is -1.79. The summed E-state index contributed by atoms with van der Waals surface area (Å²) in [5.41, 5.74) is 8.39. The van der Waals surface area contributed by atoms with E-state index in [1.165, 1.54) is 0 Å². The van der Waals surface area contributed by atoms with Crippen molar-refractivity contribution in [1.82, 2.24) is 4.98 Å². The molecule has 2 aromatic rings. The van der Waals surface area contributed by atoms with Gasteiger partial charge in [-0.15, -0.1) is 0 Å². The van der Waals surface area contributed by atoms with E-state index in [9.17, 15) is 0 Å². The van der Waals surface area contributed by atoms with Gasteiger partial charge in [-0.05, 0) is 40.2 Å². The van der Waals surface area contributed by atoms with Crippen molar-refractivity contribution in [3.05, 3.63) is 40.0 Å². The summed E-state index contributed by atoms with van der Waals surface area (Å²) in [6.07, 6.45) is 1.68. The van der Waals surface area contributed by atoms with E-state index in [4.69, 9.17) is 22.1 Å². The van der Waals surface area contributed by atoms with Crippen molar-refractivity contribution in [2.45, 2.75) is 0 Å². The molecule has 1 aliphatic rings. The van der Waals surface area contributed by atoms with Gasteiger partial charge in [0.25, 0.3) is 0 Å². The molecule has 7 heteroatoms. The van der Waals surface area contributed by atoms with Crippen LogP contribution in [0.1, 0.15) is 0 Å². The maximum Gasteiger partial charge on any atom is 0.237 e. The number of nitrogens with two attached hydrogens (primary N) is 1. The highest BCUT2D eigenvalue weighted by molar-refractivity contribution is 9.10. The lowest BCUT2D eigenvalue weighted by molar-refractivity contribution is 0.399. The molecule has 2 heterocycles.